The Morgan fingerprint density at radius 3 is 1.93 bits per heavy atom. The van der Waals surface area contributed by atoms with Crippen molar-refractivity contribution in [1.82, 2.24) is 31.5 Å². The fourth-order valence-corrected chi connectivity index (χ4v) is 10.3. The summed E-state index contributed by atoms with van der Waals surface area (Å²) in [6, 6.07) is -2.62. The number of nitrogens with zero attached hydrogens (tertiary/aromatic N) is 1. The van der Waals surface area contributed by atoms with Crippen molar-refractivity contribution in [3.63, 3.8) is 0 Å². The Balaban J connectivity index is 0.998. The molecule has 0 aromatic heterocycles. The zero-order valence-electron chi connectivity index (χ0n) is 49.6. The number of ether oxygens (including phenoxy) is 7. The number of nitrogens with one attached hydrogen (secondary N) is 5. The first-order valence-electron chi connectivity index (χ1n) is 28.6. The molecule has 2 aromatic carbocycles. The molecule has 2 heterocycles. The number of benzene rings is 2. The number of aliphatic hydroxyl groups excluding tert-OH is 2. The number of fused-ring (bicyclic) bond motifs is 3. The van der Waals surface area contributed by atoms with Gasteiger partial charge in [0.25, 0.3) is 11.8 Å². The second kappa shape index (κ2) is 31.4. The van der Waals surface area contributed by atoms with Gasteiger partial charge in [-0.2, -0.15) is 0 Å². The number of hydrogen-bond donors (Lipinski definition) is 11. The number of carbonyl (C=O) groups is 11. The van der Waals surface area contributed by atoms with Crippen LogP contribution in [0.2, 0.25) is 0 Å². The van der Waals surface area contributed by atoms with Crippen LogP contribution in [0.15, 0.2) is 30.4 Å². The average Bonchev–Trinajstić information content (AvgIpc) is 0.961. The highest BCUT2D eigenvalue weighted by molar-refractivity contribution is 6.31. The summed E-state index contributed by atoms with van der Waals surface area (Å²) in [6.45, 7) is 8.06. The number of ketones is 3. The van der Waals surface area contributed by atoms with Crippen LogP contribution in [0.1, 0.15) is 116 Å². The molecule has 30 nitrogen and oxygen atoms in total. The summed E-state index contributed by atoms with van der Waals surface area (Å²) in [5, 5.41) is 69.2. The molecule has 12 N–H and O–H groups in total. The minimum atomic E-state index is -2.47. The SMILES string of the molecule is COc1cccc2c1C(=O)c1c(O)c3c(c(O)c1C2=O)C[C@@](O)(C(=O)CO)C[C@@H]3O[C@H]1C[C@H](NC(=O)C(CC(C)C)NC(=O)[C@@H](CC(N)=O)NC(=O)[C@@H](C)NC(=O)[C@@H](C)NC(=O)CCOCCOCCOCCOCCN2C(=O)C=CC2=O)[C@H](O)[C@H](C)O1. The van der Waals surface area contributed by atoms with Crippen LogP contribution in [-0.2, 0) is 78.0 Å². The fourth-order valence-electron chi connectivity index (χ4n) is 10.3. The standard InChI is InChI=1S/C58H77N7O23/c1-28(2)22-35(64-57(80)36(23-40(59)68)63-55(78)30(4)61-54(77)29(3)60-41(69)12-14-83-16-18-85-20-21-86-19-17-84-15-13-65-42(70)10-11-43(65)71)56(79)62-34-24-44(87-31(5)49(34)72)88-38-26-58(81,39(67)27-66)25-33-46(38)53(76)48-47(51(33)74)50(73)32-8-7-9-37(82-6)45(32)52(48)75/h7-11,28-31,34-36,38,44,49,66,72,74,76,81H,12-27H2,1-6H3,(H2,59,68)(H,60,69)(H,61,77)(H,62,79)(H,63,78)(H,64,80)/t29-,30-,31+,34+,35?,36-,38+,44+,49-,58+/m1/s1. The molecule has 2 aromatic rings. The van der Waals surface area contributed by atoms with E-state index < -0.39 is 162 Å². The van der Waals surface area contributed by atoms with Crippen LogP contribution in [0.25, 0.3) is 0 Å². The van der Waals surface area contributed by atoms with E-state index in [1.165, 1.54) is 58.2 Å². The van der Waals surface area contributed by atoms with Crippen molar-refractivity contribution in [2.24, 2.45) is 11.7 Å². The topological polar surface area (TPSA) is 443 Å². The molecule has 10 atom stereocenters. The van der Waals surface area contributed by atoms with Crippen LogP contribution in [0.4, 0.5) is 0 Å². The minimum absolute atomic E-state index is 0.00612. The lowest BCUT2D eigenvalue weighted by atomic mass is 9.72. The van der Waals surface area contributed by atoms with E-state index in [-0.39, 0.29) is 124 Å². The Hall–Kier alpha value is -7.81. The van der Waals surface area contributed by atoms with E-state index in [4.69, 9.17) is 38.9 Å². The molecule has 0 radical (unpaired) electrons. The lowest BCUT2D eigenvalue weighted by Gasteiger charge is -2.43. The van der Waals surface area contributed by atoms with Gasteiger partial charge in [-0.05, 0) is 39.2 Å². The van der Waals surface area contributed by atoms with Crippen LogP contribution in [-0.4, -0.2) is 222 Å². The van der Waals surface area contributed by atoms with Gasteiger partial charge in [-0.1, -0.05) is 26.0 Å². The van der Waals surface area contributed by atoms with Crippen molar-refractivity contribution in [2.75, 3.05) is 73.1 Å². The van der Waals surface area contributed by atoms with Gasteiger partial charge in [0, 0.05) is 54.5 Å². The number of aromatic hydroxyl groups is 2. The number of aliphatic hydroxyl groups is 3. The molecule has 2 aliphatic carbocycles. The normalized spacial score (nSPS) is 21.8. The molecule has 0 spiro atoms. The molecule has 4 aliphatic rings. The quantitative estimate of drug-likeness (QED) is 0.0170. The van der Waals surface area contributed by atoms with Crippen molar-refractivity contribution in [3.05, 3.63) is 63.7 Å². The lowest BCUT2D eigenvalue weighted by molar-refractivity contribution is -0.249. The minimum Gasteiger partial charge on any atom is -0.507 e. The third kappa shape index (κ3) is 17.3. The van der Waals surface area contributed by atoms with Gasteiger partial charge in [0.15, 0.2) is 17.9 Å². The monoisotopic (exact) mass is 1240 g/mol. The maximum Gasteiger partial charge on any atom is 0.253 e. The van der Waals surface area contributed by atoms with E-state index in [0.717, 1.165) is 4.90 Å². The Morgan fingerprint density at radius 1 is 0.750 bits per heavy atom. The number of methoxy groups -OCH3 is 1. The number of phenols is 2. The van der Waals surface area contributed by atoms with Gasteiger partial charge in [-0.3, -0.25) is 57.6 Å². The summed E-state index contributed by atoms with van der Waals surface area (Å²) in [5.74, 6) is -10.8. The van der Waals surface area contributed by atoms with Crippen LogP contribution in [0, 0.1) is 5.92 Å². The van der Waals surface area contributed by atoms with Crippen molar-refractivity contribution >= 4 is 64.6 Å². The van der Waals surface area contributed by atoms with E-state index in [1.54, 1.807) is 13.8 Å². The van der Waals surface area contributed by atoms with Crippen molar-refractivity contribution in [1.29, 1.82) is 0 Å². The summed E-state index contributed by atoms with van der Waals surface area (Å²) in [7, 11) is 1.26. The van der Waals surface area contributed by atoms with Gasteiger partial charge in [0.2, 0.25) is 41.2 Å². The van der Waals surface area contributed by atoms with Crippen LogP contribution in [0.5, 0.6) is 17.2 Å². The summed E-state index contributed by atoms with van der Waals surface area (Å²) in [5.41, 5.74) is 0.761. The number of phenolic OH excluding ortho intramolecular Hbond substituents is 2. The lowest BCUT2D eigenvalue weighted by Crippen LogP contribution is -2.61. The first kappa shape index (κ1) is 69.3. The average molecular weight is 1240 g/mol. The molecule has 0 saturated carbocycles. The first-order valence-corrected chi connectivity index (χ1v) is 28.6. The fraction of sp³-hybridized carbons (Fsp3) is 0.569. The highest BCUT2D eigenvalue weighted by Crippen LogP contribution is 2.52. The summed E-state index contributed by atoms with van der Waals surface area (Å²) >= 11 is 0. The molecule has 8 amide bonds. The molecular formula is C58H77N7O23. The largest absolute Gasteiger partial charge is 0.507 e. The number of carbonyl (C=O) groups excluding carboxylic acids is 11. The van der Waals surface area contributed by atoms with Gasteiger partial charge in [0.05, 0.1) is 108 Å². The highest BCUT2D eigenvalue weighted by atomic mass is 16.7. The zero-order valence-corrected chi connectivity index (χ0v) is 49.6. The third-order valence-electron chi connectivity index (χ3n) is 14.9. The van der Waals surface area contributed by atoms with E-state index in [1.807, 2.05) is 0 Å². The Morgan fingerprint density at radius 2 is 1.33 bits per heavy atom. The predicted molar refractivity (Wildman–Crippen MR) is 302 cm³/mol. The third-order valence-corrected chi connectivity index (χ3v) is 14.9. The van der Waals surface area contributed by atoms with Crippen LogP contribution < -0.4 is 37.1 Å². The molecule has 2 aliphatic heterocycles. The Labute approximate surface area is 505 Å². The highest BCUT2D eigenvalue weighted by Gasteiger charge is 2.51. The number of rotatable bonds is 33. The number of Topliss-reactive ketones (excluding diaryl/α,β-unsaturated/α-hetero) is 1. The molecular weight excluding hydrogens is 1160 g/mol. The van der Waals surface area contributed by atoms with Crippen molar-refractivity contribution < 1.29 is 111 Å². The van der Waals surface area contributed by atoms with Gasteiger partial charge in [-0.25, -0.2) is 0 Å². The van der Waals surface area contributed by atoms with Crippen molar-refractivity contribution in [3.8, 4) is 17.2 Å². The number of nitrogens with two attached hydrogens (primary N) is 1. The van der Waals surface area contributed by atoms with Crippen molar-refractivity contribution in [2.45, 2.75) is 134 Å². The van der Waals surface area contributed by atoms with Gasteiger partial charge in [-0.15, -0.1) is 0 Å². The molecule has 0 bridgehead atoms. The zero-order chi connectivity index (χ0) is 64.7. The van der Waals surface area contributed by atoms with E-state index in [9.17, 15) is 78.3 Å². The van der Waals surface area contributed by atoms with Gasteiger partial charge in [0.1, 0.15) is 59.7 Å². The second-order valence-electron chi connectivity index (χ2n) is 21.9. The summed E-state index contributed by atoms with van der Waals surface area (Å²) < 4.78 is 39.2. The number of amides is 8. The van der Waals surface area contributed by atoms with Crippen LogP contribution in [0.3, 0.4) is 0 Å². The number of primary amides is 1. The predicted octanol–water partition coefficient (Wildman–Crippen LogP) is -2.56. The molecule has 1 unspecified atom stereocenters. The molecule has 30 heteroatoms. The number of imide groups is 1. The van der Waals surface area contributed by atoms with E-state index in [2.05, 4.69) is 26.6 Å². The molecule has 88 heavy (non-hydrogen) atoms. The number of hydrogen-bond acceptors (Lipinski definition) is 23. The van der Waals surface area contributed by atoms with E-state index in [0.29, 0.717) is 0 Å². The maximum absolute atomic E-state index is 14.2. The first-order chi connectivity index (χ1) is 41.7. The van der Waals surface area contributed by atoms with Gasteiger partial charge < -0.3 is 91.0 Å². The molecule has 482 valence electrons. The maximum atomic E-state index is 14.2. The van der Waals surface area contributed by atoms with Crippen LogP contribution >= 0.6 is 0 Å². The van der Waals surface area contributed by atoms with E-state index >= 15 is 0 Å². The summed E-state index contributed by atoms with van der Waals surface area (Å²) in [4.78, 5) is 145. The Kier molecular flexibility index (Phi) is 24.7. The second-order valence-corrected chi connectivity index (χ2v) is 21.9. The van der Waals surface area contributed by atoms with Gasteiger partial charge >= 0.3 is 0 Å². The molecule has 6 rings (SSSR count). The summed E-state index contributed by atoms with van der Waals surface area (Å²) in [6.07, 6.45) is -6.01. The Bertz CT molecular complexity index is 2990. The molecule has 1 fully saturated rings. The molecule has 1 saturated heterocycles. The smallest absolute Gasteiger partial charge is 0.253 e.